The van der Waals surface area contributed by atoms with Crippen LogP contribution in [0.2, 0.25) is 0 Å². The highest BCUT2D eigenvalue weighted by atomic mass is 32.2. The molecule has 2 rings (SSSR count). The maximum absolute atomic E-state index is 11.8. The molecule has 0 aromatic carbocycles. The molecule has 0 aliphatic carbocycles. The van der Waals surface area contributed by atoms with Crippen LogP contribution in [0.4, 0.5) is 0 Å². The highest BCUT2D eigenvalue weighted by molar-refractivity contribution is 8.00. The Morgan fingerprint density at radius 2 is 2.17 bits per heavy atom. The molecule has 24 heavy (non-hydrogen) atoms. The van der Waals surface area contributed by atoms with Crippen LogP contribution in [0.15, 0.2) is 23.4 Å². The largest absolute Gasteiger partial charge is 0.543 e. The summed E-state index contributed by atoms with van der Waals surface area (Å²) in [5.41, 5.74) is 11.4. The molecule has 2 heterocycles. The maximum Gasteiger partial charge on any atom is 0.272 e. The quantitative estimate of drug-likeness (QED) is 0.392. The molecule has 4 N–H and O–H groups in total. The number of carbonyl (C=O) groups excluding carboxylic acids is 3. The fourth-order valence-electron chi connectivity index (χ4n) is 2.79. The number of thioether (sulfide) groups is 1. The number of hydrogen-bond acceptors (Lipinski definition) is 6. The Hall–Kier alpha value is -1.84. The second-order valence-electron chi connectivity index (χ2n) is 6.24. The van der Waals surface area contributed by atoms with Crippen LogP contribution in [0, 0.1) is 0 Å². The van der Waals surface area contributed by atoms with E-state index in [4.69, 9.17) is 11.5 Å². The van der Waals surface area contributed by atoms with E-state index in [1.165, 1.54) is 16.7 Å². The van der Waals surface area contributed by atoms with Crippen LogP contribution in [-0.4, -0.2) is 71.0 Å². The van der Waals surface area contributed by atoms with Gasteiger partial charge in [0.05, 0.1) is 31.8 Å². The van der Waals surface area contributed by atoms with E-state index in [1.807, 2.05) is 14.0 Å². The summed E-state index contributed by atoms with van der Waals surface area (Å²) in [5.74, 6) is -1.74. The van der Waals surface area contributed by atoms with Crippen LogP contribution in [-0.2, 0) is 14.4 Å². The fraction of sp³-hybridized carbons (Fsp3) is 0.533. The van der Waals surface area contributed by atoms with Gasteiger partial charge in [-0.25, -0.2) is 0 Å². The molecule has 1 unspecified atom stereocenters. The van der Waals surface area contributed by atoms with Crippen LogP contribution >= 0.6 is 11.8 Å². The molecule has 2 amide bonds. The van der Waals surface area contributed by atoms with Crippen LogP contribution in [0.25, 0.3) is 0 Å². The van der Waals surface area contributed by atoms with Gasteiger partial charge in [-0.2, -0.15) is 0 Å². The molecular weight excluding hydrogens is 332 g/mol. The van der Waals surface area contributed by atoms with Crippen molar-refractivity contribution in [2.45, 2.75) is 18.3 Å². The first-order valence-electron chi connectivity index (χ1n) is 7.63. The van der Waals surface area contributed by atoms with Gasteiger partial charge in [0.2, 0.25) is 5.91 Å². The Kier molecular flexibility index (Phi) is 5.36. The van der Waals surface area contributed by atoms with E-state index in [2.05, 4.69) is 0 Å². The van der Waals surface area contributed by atoms with Crippen molar-refractivity contribution < 1.29 is 24.0 Å². The van der Waals surface area contributed by atoms with E-state index in [1.54, 1.807) is 12.2 Å². The standard InChI is InChI=1S/C15H22N4O4S/c1-3-19(2,7-10(16)20)6-4-5-9-8-24-14-11(17)13(21)18(14)12(9)15(22)23/h4-5,11,14H,3,6-8,17H2,1-2H3,(H2-,16,20,22,23)/b5-4+/t11-,14-,19?/m1/s1. The van der Waals surface area contributed by atoms with Crippen LogP contribution < -0.4 is 16.6 Å². The van der Waals surface area contributed by atoms with Gasteiger partial charge in [-0.3, -0.25) is 14.5 Å². The minimum absolute atomic E-state index is 0.109. The lowest BCUT2D eigenvalue weighted by Gasteiger charge is -2.49. The number of quaternary nitrogens is 1. The summed E-state index contributed by atoms with van der Waals surface area (Å²) in [6.07, 6.45) is 3.48. The summed E-state index contributed by atoms with van der Waals surface area (Å²) >= 11 is 1.43. The van der Waals surface area contributed by atoms with Crippen molar-refractivity contribution in [3.8, 4) is 0 Å². The number of carbonyl (C=O) groups is 3. The summed E-state index contributed by atoms with van der Waals surface area (Å²) < 4.78 is 0.420. The number of aliphatic carboxylic acids is 1. The van der Waals surface area contributed by atoms with Crippen molar-refractivity contribution in [1.29, 1.82) is 0 Å². The number of primary amides is 1. The number of hydrogen-bond donors (Lipinski definition) is 2. The third kappa shape index (κ3) is 3.47. The minimum Gasteiger partial charge on any atom is -0.543 e. The van der Waals surface area contributed by atoms with E-state index < -0.39 is 23.8 Å². The number of nitrogens with two attached hydrogens (primary N) is 2. The van der Waals surface area contributed by atoms with E-state index >= 15 is 0 Å². The topological polar surface area (TPSA) is 130 Å². The fourth-order valence-corrected chi connectivity index (χ4v) is 4.05. The molecule has 0 bridgehead atoms. The molecule has 2 aliphatic heterocycles. The molecule has 2 aliphatic rings. The lowest BCUT2D eigenvalue weighted by molar-refractivity contribution is -0.894. The summed E-state index contributed by atoms with van der Waals surface area (Å²) in [5, 5.41) is 11.1. The first-order chi connectivity index (χ1) is 11.2. The molecule has 0 aromatic heterocycles. The van der Waals surface area contributed by atoms with E-state index in [0.29, 0.717) is 28.9 Å². The van der Waals surface area contributed by atoms with Crippen LogP contribution in [0.5, 0.6) is 0 Å². The third-order valence-electron chi connectivity index (χ3n) is 4.40. The molecule has 1 saturated heterocycles. The third-order valence-corrected chi connectivity index (χ3v) is 5.72. The summed E-state index contributed by atoms with van der Waals surface area (Å²) in [6, 6.07) is -0.662. The van der Waals surface area contributed by atoms with Crippen LogP contribution in [0.1, 0.15) is 6.92 Å². The predicted molar refractivity (Wildman–Crippen MR) is 87.9 cm³/mol. The number of carboxylic acid groups (broad SMARTS) is 1. The van der Waals surface area contributed by atoms with Gasteiger partial charge < -0.3 is 25.9 Å². The van der Waals surface area contributed by atoms with Crippen molar-refractivity contribution in [3.05, 3.63) is 23.4 Å². The smallest absolute Gasteiger partial charge is 0.272 e. The van der Waals surface area contributed by atoms with Gasteiger partial charge in [0, 0.05) is 5.75 Å². The van der Waals surface area contributed by atoms with Gasteiger partial charge in [0.25, 0.3) is 5.91 Å². The Bertz CT molecular complexity index is 633. The second-order valence-corrected chi connectivity index (χ2v) is 7.35. The number of likely N-dealkylation sites (N-methyl/N-ethyl adjacent to an activating group) is 1. The predicted octanol–water partition coefficient (Wildman–Crippen LogP) is -2.26. The van der Waals surface area contributed by atoms with Gasteiger partial charge in [0.15, 0.2) is 6.54 Å². The van der Waals surface area contributed by atoms with Crippen LogP contribution in [0.3, 0.4) is 0 Å². The highest BCUT2D eigenvalue weighted by Gasteiger charge is 2.49. The molecule has 3 atom stereocenters. The summed E-state index contributed by atoms with van der Waals surface area (Å²) in [7, 11) is 1.90. The molecule has 0 spiro atoms. The molecule has 0 radical (unpaired) electrons. The average Bonchev–Trinajstić information content (AvgIpc) is 2.52. The van der Waals surface area contributed by atoms with Crippen molar-refractivity contribution in [1.82, 2.24) is 4.90 Å². The zero-order chi connectivity index (χ0) is 18.1. The minimum atomic E-state index is -1.38. The van der Waals surface area contributed by atoms with Gasteiger partial charge in [-0.15, -0.1) is 11.8 Å². The van der Waals surface area contributed by atoms with Gasteiger partial charge in [-0.05, 0) is 18.6 Å². The Morgan fingerprint density at radius 3 is 2.71 bits per heavy atom. The average molecular weight is 354 g/mol. The Morgan fingerprint density at radius 1 is 1.50 bits per heavy atom. The number of fused-ring (bicyclic) bond motifs is 1. The molecule has 0 aromatic rings. The molecule has 9 heteroatoms. The summed E-state index contributed by atoms with van der Waals surface area (Å²) in [4.78, 5) is 35.7. The lowest BCUT2D eigenvalue weighted by atomic mass is 10.0. The van der Waals surface area contributed by atoms with Crippen molar-refractivity contribution in [3.63, 3.8) is 0 Å². The number of nitrogens with zero attached hydrogens (tertiary/aromatic N) is 2. The van der Waals surface area contributed by atoms with E-state index in [-0.39, 0.29) is 17.6 Å². The van der Waals surface area contributed by atoms with E-state index in [9.17, 15) is 19.5 Å². The van der Waals surface area contributed by atoms with E-state index in [0.717, 1.165) is 0 Å². The number of β-lactam (4-membered cyclic amide) rings is 1. The summed E-state index contributed by atoms with van der Waals surface area (Å²) in [6.45, 7) is 3.37. The number of allylic oxidation sites excluding steroid dienone is 1. The molecule has 132 valence electrons. The van der Waals surface area contributed by atoms with Crippen molar-refractivity contribution in [2.75, 3.05) is 32.4 Å². The van der Waals surface area contributed by atoms with Gasteiger partial charge in [-0.1, -0.05) is 6.08 Å². The Labute approximate surface area is 144 Å². The molecule has 0 saturated carbocycles. The normalized spacial score (nSPS) is 26.1. The zero-order valence-electron chi connectivity index (χ0n) is 13.7. The first-order valence-corrected chi connectivity index (χ1v) is 8.68. The number of rotatable bonds is 7. The van der Waals surface area contributed by atoms with Gasteiger partial charge in [0.1, 0.15) is 11.4 Å². The highest BCUT2D eigenvalue weighted by Crippen LogP contribution is 2.39. The van der Waals surface area contributed by atoms with Crippen molar-refractivity contribution >= 4 is 29.5 Å². The Balaban J connectivity index is 2.18. The molecule has 1 fully saturated rings. The molecule has 8 nitrogen and oxygen atoms in total. The number of carboxylic acids is 1. The van der Waals surface area contributed by atoms with Crippen molar-refractivity contribution in [2.24, 2.45) is 11.5 Å². The zero-order valence-corrected chi connectivity index (χ0v) is 14.5. The van der Waals surface area contributed by atoms with Gasteiger partial charge >= 0.3 is 0 Å². The maximum atomic E-state index is 11.8. The lowest BCUT2D eigenvalue weighted by Crippen LogP contribution is -2.69. The number of amides is 2. The first kappa shape index (κ1) is 18.5. The molecular formula is C15H22N4O4S. The SMILES string of the molecule is CC[N+](C)(C/C=C/C1=C(C(=O)[O-])N2C(=O)[C@@H](N)[C@H]2SC1)CC(N)=O. The monoisotopic (exact) mass is 354 g/mol. The second kappa shape index (κ2) is 6.96.